The molecule has 0 unspecified atom stereocenters. The van der Waals surface area contributed by atoms with E-state index in [1.165, 1.54) is 0 Å². The van der Waals surface area contributed by atoms with Crippen molar-refractivity contribution in [3.8, 4) is 22.5 Å². The fourth-order valence-electron chi connectivity index (χ4n) is 1.69. The molecule has 0 bridgehead atoms. The predicted molar refractivity (Wildman–Crippen MR) is 65.0 cm³/mol. The first-order chi connectivity index (χ1) is 8.43. The molecule has 0 spiro atoms. The fourth-order valence-corrected chi connectivity index (χ4v) is 1.69. The van der Waals surface area contributed by atoms with Gasteiger partial charge >= 0.3 is 0 Å². The Balaban J connectivity index is 2.06. The van der Waals surface area contributed by atoms with Crippen molar-refractivity contribution in [3.63, 3.8) is 0 Å². The van der Waals surface area contributed by atoms with E-state index < -0.39 is 0 Å². The van der Waals surface area contributed by atoms with Crippen molar-refractivity contribution in [2.24, 2.45) is 0 Å². The Hall–Kier alpha value is -2.49. The van der Waals surface area contributed by atoms with Crippen LogP contribution in [0, 0.1) is 0 Å². The fraction of sp³-hybridized carbons (Fsp3) is 0. The number of H-pyrrole nitrogens is 1. The van der Waals surface area contributed by atoms with Crippen molar-refractivity contribution in [1.82, 2.24) is 20.2 Å². The monoisotopic (exact) mass is 222 g/mol. The maximum Gasteiger partial charge on any atom is 0.159 e. The molecule has 0 saturated heterocycles. The van der Waals surface area contributed by atoms with Gasteiger partial charge in [0.05, 0.1) is 6.20 Å². The van der Waals surface area contributed by atoms with Gasteiger partial charge in [0.15, 0.2) is 5.82 Å². The molecule has 3 aromatic rings. The number of aromatic nitrogens is 4. The van der Waals surface area contributed by atoms with Crippen molar-refractivity contribution >= 4 is 0 Å². The highest BCUT2D eigenvalue weighted by molar-refractivity contribution is 5.69. The third-order valence-electron chi connectivity index (χ3n) is 2.52. The number of nitrogens with one attached hydrogen (secondary N) is 1. The Morgan fingerprint density at radius 2 is 1.71 bits per heavy atom. The van der Waals surface area contributed by atoms with Crippen LogP contribution in [0.5, 0.6) is 0 Å². The highest BCUT2D eigenvalue weighted by atomic mass is 15.1. The lowest BCUT2D eigenvalue weighted by Gasteiger charge is -2.02. The molecule has 2 aromatic heterocycles. The molecule has 0 saturated carbocycles. The first-order valence-electron chi connectivity index (χ1n) is 5.30. The van der Waals surface area contributed by atoms with E-state index in [0.29, 0.717) is 0 Å². The quantitative estimate of drug-likeness (QED) is 0.724. The van der Waals surface area contributed by atoms with E-state index in [1.807, 2.05) is 30.5 Å². The highest BCUT2D eigenvalue weighted by Gasteiger charge is 2.03. The summed E-state index contributed by atoms with van der Waals surface area (Å²) >= 11 is 0. The SMILES string of the molecule is c1cnc(-c2cccc(-c3cn[nH]c3)c2)nc1. The third kappa shape index (κ3) is 1.92. The first kappa shape index (κ1) is 9.72. The molecular formula is C13H10N4. The minimum Gasteiger partial charge on any atom is -0.285 e. The van der Waals surface area contributed by atoms with Crippen LogP contribution >= 0.6 is 0 Å². The molecule has 4 nitrogen and oxygen atoms in total. The summed E-state index contributed by atoms with van der Waals surface area (Å²) in [6.45, 7) is 0. The number of hydrogen-bond donors (Lipinski definition) is 1. The summed E-state index contributed by atoms with van der Waals surface area (Å²) < 4.78 is 0. The molecule has 0 aliphatic heterocycles. The van der Waals surface area contributed by atoms with Crippen molar-refractivity contribution < 1.29 is 0 Å². The second-order valence-electron chi connectivity index (χ2n) is 3.64. The lowest BCUT2D eigenvalue weighted by atomic mass is 10.1. The lowest BCUT2D eigenvalue weighted by Crippen LogP contribution is -1.86. The molecule has 0 fully saturated rings. The largest absolute Gasteiger partial charge is 0.285 e. The topological polar surface area (TPSA) is 54.5 Å². The average Bonchev–Trinajstić information content (AvgIpc) is 2.94. The van der Waals surface area contributed by atoms with E-state index in [-0.39, 0.29) is 0 Å². The normalized spacial score (nSPS) is 10.4. The summed E-state index contributed by atoms with van der Waals surface area (Å²) in [5.41, 5.74) is 3.16. The van der Waals surface area contributed by atoms with Gasteiger partial charge in [0.25, 0.3) is 0 Å². The second kappa shape index (κ2) is 4.17. The Labute approximate surface area is 98.4 Å². The van der Waals surface area contributed by atoms with Crippen LogP contribution in [0.25, 0.3) is 22.5 Å². The van der Waals surface area contributed by atoms with Gasteiger partial charge in [0.2, 0.25) is 0 Å². The molecule has 0 atom stereocenters. The van der Waals surface area contributed by atoms with Gasteiger partial charge in [-0.05, 0) is 17.7 Å². The molecular weight excluding hydrogens is 212 g/mol. The smallest absolute Gasteiger partial charge is 0.159 e. The van der Waals surface area contributed by atoms with Crippen LogP contribution in [0.3, 0.4) is 0 Å². The maximum absolute atomic E-state index is 4.24. The van der Waals surface area contributed by atoms with Gasteiger partial charge in [-0.3, -0.25) is 5.10 Å². The average molecular weight is 222 g/mol. The molecule has 2 heterocycles. The van der Waals surface area contributed by atoms with E-state index in [9.17, 15) is 0 Å². The summed E-state index contributed by atoms with van der Waals surface area (Å²) in [6, 6.07) is 9.90. The van der Waals surface area contributed by atoms with Crippen molar-refractivity contribution in [2.75, 3.05) is 0 Å². The van der Waals surface area contributed by atoms with E-state index in [4.69, 9.17) is 0 Å². The van der Waals surface area contributed by atoms with Gasteiger partial charge in [0.1, 0.15) is 0 Å². The highest BCUT2D eigenvalue weighted by Crippen LogP contribution is 2.23. The number of hydrogen-bond acceptors (Lipinski definition) is 3. The molecule has 1 aromatic carbocycles. The number of nitrogens with zero attached hydrogens (tertiary/aromatic N) is 3. The van der Waals surface area contributed by atoms with E-state index in [1.54, 1.807) is 18.6 Å². The van der Waals surface area contributed by atoms with Gasteiger partial charge in [-0.2, -0.15) is 5.10 Å². The standard InChI is InChI=1S/C13H10N4/c1-3-10(12-8-16-17-9-12)7-11(4-1)13-14-5-2-6-15-13/h1-9H,(H,16,17). The van der Waals surface area contributed by atoms with Gasteiger partial charge in [-0.15, -0.1) is 0 Å². The van der Waals surface area contributed by atoms with Gasteiger partial charge in [0, 0.05) is 29.7 Å². The molecule has 0 amide bonds. The molecule has 0 aliphatic carbocycles. The van der Waals surface area contributed by atoms with Crippen LogP contribution in [-0.4, -0.2) is 20.2 Å². The zero-order chi connectivity index (χ0) is 11.5. The minimum absolute atomic E-state index is 0.734. The Morgan fingerprint density at radius 3 is 2.47 bits per heavy atom. The Bertz CT molecular complexity index is 602. The summed E-state index contributed by atoms with van der Waals surface area (Å²) in [5, 5.41) is 6.75. The molecule has 0 aliphatic rings. The zero-order valence-electron chi connectivity index (χ0n) is 9.04. The van der Waals surface area contributed by atoms with Crippen LogP contribution in [0.4, 0.5) is 0 Å². The minimum atomic E-state index is 0.734. The summed E-state index contributed by atoms with van der Waals surface area (Å²) in [6.07, 6.45) is 7.15. The predicted octanol–water partition coefficient (Wildman–Crippen LogP) is 2.53. The summed E-state index contributed by atoms with van der Waals surface area (Å²) in [4.78, 5) is 8.47. The molecule has 82 valence electrons. The lowest BCUT2D eigenvalue weighted by molar-refractivity contribution is 1.09. The Kier molecular flexibility index (Phi) is 2.38. The van der Waals surface area contributed by atoms with Crippen LogP contribution in [0.2, 0.25) is 0 Å². The van der Waals surface area contributed by atoms with E-state index in [2.05, 4.69) is 26.2 Å². The number of benzene rings is 1. The van der Waals surface area contributed by atoms with Crippen molar-refractivity contribution in [1.29, 1.82) is 0 Å². The Morgan fingerprint density at radius 1 is 0.882 bits per heavy atom. The second-order valence-corrected chi connectivity index (χ2v) is 3.64. The molecule has 0 radical (unpaired) electrons. The zero-order valence-corrected chi connectivity index (χ0v) is 9.04. The molecule has 4 heteroatoms. The van der Waals surface area contributed by atoms with Gasteiger partial charge in [-0.1, -0.05) is 18.2 Å². The summed E-state index contributed by atoms with van der Waals surface area (Å²) in [7, 11) is 0. The van der Waals surface area contributed by atoms with Crippen LogP contribution < -0.4 is 0 Å². The van der Waals surface area contributed by atoms with E-state index >= 15 is 0 Å². The maximum atomic E-state index is 4.24. The van der Waals surface area contributed by atoms with Gasteiger partial charge < -0.3 is 0 Å². The van der Waals surface area contributed by atoms with E-state index in [0.717, 1.165) is 22.5 Å². The molecule has 3 rings (SSSR count). The van der Waals surface area contributed by atoms with Crippen LogP contribution in [0.1, 0.15) is 0 Å². The van der Waals surface area contributed by atoms with Gasteiger partial charge in [-0.25, -0.2) is 9.97 Å². The number of aromatic amines is 1. The van der Waals surface area contributed by atoms with Crippen molar-refractivity contribution in [3.05, 3.63) is 55.1 Å². The van der Waals surface area contributed by atoms with Crippen LogP contribution in [-0.2, 0) is 0 Å². The summed E-state index contributed by atoms with van der Waals surface area (Å²) in [5.74, 6) is 0.734. The molecule has 17 heavy (non-hydrogen) atoms. The van der Waals surface area contributed by atoms with Crippen molar-refractivity contribution in [2.45, 2.75) is 0 Å². The number of rotatable bonds is 2. The third-order valence-corrected chi connectivity index (χ3v) is 2.52. The first-order valence-corrected chi connectivity index (χ1v) is 5.30. The van der Waals surface area contributed by atoms with Crippen LogP contribution in [0.15, 0.2) is 55.1 Å². The molecule has 1 N–H and O–H groups in total.